The van der Waals surface area contributed by atoms with Gasteiger partial charge in [0.2, 0.25) is 0 Å². The van der Waals surface area contributed by atoms with Crippen molar-refractivity contribution in [2.75, 3.05) is 0 Å². The molecule has 0 saturated carbocycles. The van der Waals surface area contributed by atoms with Gasteiger partial charge in [-0.2, -0.15) is 0 Å². The first-order valence-corrected chi connectivity index (χ1v) is 4.28. The highest BCUT2D eigenvalue weighted by Crippen LogP contribution is 2.29. The highest BCUT2D eigenvalue weighted by molar-refractivity contribution is 9.10. The standard InChI is InChI=1S/C9H11BrO/c1-5-4-8(11)6(2)7(3)9(5)10/h4,11H,1-3H3. The number of rotatable bonds is 0. The molecular weight excluding hydrogens is 204 g/mol. The molecule has 1 nitrogen and oxygen atoms in total. The summed E-state index contributed by atoms with van der Waals surface area (Å²) in [6, 6.07) is 1.77. The molecule has 0 radical (unpaired) electrons. The van der Waals surface area contributed by atoms with Crippen LogP contribution in [0.2, 0.25) is 0 Å². The van der Waals surface area contributed by atoms with Crippen LogP contribution in [-0.2, 0) is 0 Å². The summed E-state index contributed by atoms with van der Waals surface area (Å²) in [7, 11) is 0. The predicted molar refractivity (Wildman–Crippen MR) is 50.0 cm³/mol. The third kappa shape index (κ3) is 1.41. The Hall–Kier alpha value is -0.500. The van der Waals surface area contributed by atoms with Crippen molar-refractivity contribution in [2.24, 2.45) is 0 Å². The summed E-state index contributed by atoms with van der Waals surface area (Å²) in [5.41, 5.74) is 3.13. The van der Waals surface area contributed by atoms with Gasteiger partial charge in [0.1, 0.15) is 5.75 Å². The van der Waals surface area contributed by atoms with Crippen molar-refractivity contribution >= 4 is 15.9 Å². The first-order valence-electron chi connectivity index (χ1n) is 3.49. The number of aryl methyl sites for hydroxylation is 1. The highest BCUT2D eigenvalue weighted by atomic mass is 79.9. The van der Waals surface area contributed by atoms with E-state index in [-0.39, 0.29) is 0 Å². The van der Waals surface area contributed by atoms with Gasteiger partial charge in [0, 0.05) is 4.47 Å². The van der Waals surface area contributed by atoms with Gasteiger partial charge in [-0.15, -0.1) is 0 Å². The maximum absolute atomic E-state index is 9.38. The van der Waals surface area contributed by atoms with Gasteiger partial charge in [0.15, 0.2) is 0 Å². The molecule has 0 heterocycles. The number of phenols is 1. The van der Waals surface area contributed by atoms with E-state index in [1.807, 2.05) is 20.8 Å². The van der Waals surface area contributed by atoms with E-state index in [0.29, 0.717) is 5.75 Å². The molecular formula is C9H11BrO. The van der Waals surface area contributed by atoms with Gasteiger partial charge in [-0.05, 0) is 43.5 Å². The average molecular weight is 215 g/mol. The van der Waals surface area contributed by atoms with E-state index in [9.17, 15) is 5.11 Å². The Morgan fingerprint density at radius 1 is 1.18 bits per heavy atom. The SMILES string of the molecule is Cc1cc(O)c(C)c(C)c1Br. The van der Waals surface area contributed by atoms with Crippen LogP contribution in [0.25, 0.3) is 0 Å². The molecule has 11 heavy (non-hydrogen) atoms. The summed E-state index contributed by atoms with van der Waals surface area (Å²) in [6.07, 6.45) is 0. The van der Waals surface area contributed by atoms with Crippen LogP contribution in [0.4, 0.5) is 0 Å². The average Bonchev–Trinajstić information content (AvgIpc) is 1.97. The number of hydrogen-bond donors (Lipinski definition) is 1. The van der Waals surface area contributed by atoms with Crippen molar-refractivity contribution < 1.29 is 5.11 Å². The van der Waals surface area contributed by atoms with Crippen molar-refractivity contribution in [1.82, 2.24) is 0 Å². The molecule has 0 fully saturated rings. The van der Waals surface area contributed by atoms with Crippen LogP contribution in [0.1, 0.15) is 16.7 Å². The second kappa shape index (κ2) is 2.86. The Balaban J connectivity index is 3.46. The third-order valence-corrected chi connectivity index (χ3v) is 3.20. The quantitative estimate of drug-likeness (QED) is 0.705. The zero-order chi connectivity index (χ0) is 8.59. The zero-order valence-electron chi connectivity index (χ0n) is 6.90. The van der Waals surface area contributed by atoms with Gasteiger partial charge in [-0.3, -0.25) is 0 Å². The number of benzene rings is 1. The molecule has 0 bridgehead atoms. The Morgan fingerprint density at radius 2 is 1.73 bits per heavy atom. The minimum Gasteiger partial charge on any atom is -0.508 e. The molecule has 1 rings (SSSR count). The lowest BCUT2D eigenvalue weighted by Crippen LogP contribution is -1.86. The fourth-order valence-corrected chi connectivity index (χ4v) is 1.44. The lowest BCUT2D eigenvalue weighted by atomic mass is 10.1. The summed E-state index contributed by atoms with van der Waals surface area (Å²) >= 11 is 3.45. The first kappa shape index (κ1) is 8.60. The van der Waals surface area contributed by atoms with Crippen LogP contribution in [-0.4, -0.2) is 5.11 Å². The Labute approximate surface area is 75.2 Å². The number of halogens is 1. The van der Waals surface area contributed by atoms with Gasteiger partial charge in [0.05, 0.1) is 0 Å². The Morgan fingerprint density at radius 3 is 2.27 bits per heavy atom. The molecule has 0 unspecified atom stereocenters. The lowest BCUT2D eigenvalue weighted by Gasteiger charge is -2.07. The van der Waals surface area contributed by atoms with E-state index in [2.05, 4.69) is 15.9 Å². The van der Waals surface area contributed by atoms with Crippen molar-refractivity contribution in [3.05, 3.63) is 27.2 Å². The normalized spacial score (nSPS) is 10.2. The van der Waals surface area contributed by atoms with Crippen LogP contribution in [0.15, 0.2) is 10.5 Å². The van der Waals surface area contributed by atoms with E-state index in [4.69, 9.17) is 0 Å². The third-order valence-electron chi connectivity index (χ3n) is 1.98. The van der Waals surface area contributed by atoms with Crippen molar-refractivity contribution in [3.63, 3.8) is 0 Å². The molecule has 60 valence electrons. The molecule has 0 atom stereocenters. The first-order chi connectivity index (χ1) is 5.04. The molecule has 0 saturated heterocycles. The monoisotopic (exact) mass is 214 g/mol. The van der Waals surface area contributed by atoms with Crippen LogP contribution in [0.5, 0.6) is 5.75 Å². The lowest BCUT2D eigenvalue weighted by molar-refractivity contribution is 0.470. The number of hydrogen-bond acceptors (Lipinski definition) is 1. The van der Waals surface area contributed by atoms with Crippen molar-refractivity contribution in [1.29, 1.82) is 0 Å². The molecule has 0 spiro atoms. The minimum absolute atomic E-state index is 0.378. The molecule has 0 aliphatic rings. The maximum Gasteiger partial charge on any atom is 0.119 e. The number of aromatic hydroxyl groups is 1. The molecule has 2 heteroatoms. The van der Waals surface area contributed by atoms with E-state index < -0.39 is 0 Å². The fourth-order valence-electron chi connectivity index (χ4n) is 1.03. The van der Waals surface area contributed by atoms with Gasteiger partial charge < -0.3 is 5.11 Å². The van der Waals surface area contributed by atoms with E-state index in [1.54, 1.807) is 6.07 Å². The highest BCUT2D eigenvalue weighted by Gasteiger charge is 2.05. The molecule has 1 aromatic rings. The van der Waals surface area contributed by atoms with Crippen molar-refractivity contribution in [3.8, 4) is 5.75 Å². The van der Waals surface area contributed by atoms with E-state index in [1.165, 1.54) is 0 Å². The number of phenolic OH excluding ortho intramolecular Hbond substituents is 1. The van der Waals surface area contributed by atoms with Crippen LogP contribution in [0.3, 0.4) is 0 Å². The molecule has 0 amide bonds. The second-order valence-corrected chi connectivity index (χ2v) is 3.57. The molecule has 0 aliphatic heterocycles. The molecule has 1 N–H and O–H groups in total. The molecule has 0 aromatic heterocycles. The van der Waals surface area contributed by atoms with Crippen LogP contribution < -0.4 is 0 Å². The molecule has 1 aromatic carbocycles. The molecule has 0 aliphatic carbocycles. The summed E-state index contributed by atoms with van der Waals surface area (Å²) in [5.74, 6) is 0.378. The summed E-state index contributed by atoms with van der Waals surface area (Å²) in [5, 5.41) is 9.38. The predicted octanol–water partition coefficient (Wildman–Crippen LogP) is 3.08. The topological polar surface area (TPSA) is 20.2 Å². The van der Waals surface area contributed by atoms with Crippen LogP contribution in [0, 0.1) is 20.8 Å². The van der Waals surface area contributed by atoms with Gasteiger partial charge >= 0.3 is 0 Å². The second-order valence-electron chi connectivity index (χ2n) is 2.78. The smallest absolute Gasteiger partial charge is 0.119 e. The Bertz CT molecular complexity index is 266. The van der Waals surface area contributed by atoms with Gasteiger partial charge in [-0.25, -0.2) is 0 Å². The van der Waals surface area contributed by atoms with Crippen molar-refractivity contribution in [2.45, 2.75) is 20.8 Å². The summed E-state index contributed by atoms with van der Waals surface area (Å²) in [6.45, 7) is 5.87. The fraction of sp³-hybridized carbons (Fsp3) is 0.333. The maximum atomic E-state index is 9.38. The van der Waals surface area contributed by atoms with Gasteiger partial charge in [0.25, 0.3) is 0 Å². The summed E-state index contributed by atoms with van der Waals surface area (Å²) < 4.78 is 1.09. The van der Waals surface area contributed by atoms with E-state index >= 15 is 0 Å². The zero-order valence-corrected chi connectivity index (χ0v) is 8.49. The van der Waals surface area contributed by atoms with Gasteiger partial charge in [-0.1, -0.05) is 15.9 Å². The summed E-state index contributed by atoms with van der Waals surface area (Å²) in [4.78, 5) is 0. The Kier molecular flexibility index (Phi) is 2.23. The largest absolute Gasteiger partial charge is 0.508 e. The minimum atomic E-state index is 0.378. The van der Waals surface area contributed by atoms with E-state index in [0.717, 1.165) is 21.2 Å². The van der Waals surface area contributed by atoms with Crippen LogP contribution >= 0.6 is 15.9 Å².